The van der Waals surface area contributed by atoms with Crippen molar-refractivity contribution in [1.82, 2.24) is 10.2 Å². The van der Waals surface area contributed by atoms with Crippen LogP contribution < -0.4 is 11.1 Å². The molecular formula is C21H36ClN3O. The second-order valence-corrected chi connectivity index (χ2v) is 7.74. The lowest BCUT2D eigenvalue weighted by atomic mass is 9.90. The number of unbranched alkanes of at least 4 members (excludes halogenated alkanes) is 1. The minimum Gasteiger partial charge on any atom is -0.355 e. The second kappa shape index (κ2) is 12.3. The van der Waals surface area contributed by atoms with E-state index in [4.69, 9.17) is 5.73 Å². The molecule has 2 rings (SSSR count). The Labute approximate surface area is 165 Å². The summed E-state index contributed by atoms with van der Waals surface area (Å²) in [6.45, 7) is 8.26. The molecule has 1 aromatic rings. The molecule has 1 heterocycles. The molecule has 0 aliphatic carbocycles. The van der Waals surface area contributed by atoms with Gasteiger partial charge in [-0.05, 0) is 69.1 Å². The van der Waals surface area contributed by atoms with E-state index in [1.165, 1.54) is 37.9 Å². The van der Waals surface area contributed by atoms with Crippen LogP contribution in [0.25, 0.3) is 0 Å². The van der Waals surface area contributed by atoms with Crippen molar-refractivity contribution in [3.05, 3.63) is 35.9 Å². The number of nitrogens with zero attached hydrogens (tertiary/aromatic N) is 1. The summed E-state index contributed by atoms with van der Waals surface area (Å²) in [4.78, 5) is 14.4. The summed E-state index contributed by atoms with van der Waals surface area (Å²) in [6.07, 6.45) is 5.99. The van der Waals surface area contributed by atoms with E-state index in [1.54, 1.807) is 0 Å². The van der Waals surface area contributed by atoms with Crippen molar-refractivity contribution in [3.8, 4) is 0 Å². The van der Waals surface area contributed by atoms with Gasteiger partial charge in [0.05, 0.1) is 6.04 Å². The highest BCUT2D eigenvalue weighted by Crippen LogP contribution is 2.21. The van der Waals surface area contributed by atoms with E-state index < -0.39 is 0 Å². The molecule has 0 aromatic heterocycles. The van der Waals surface area contributed by atoms with Crippen molar-refractivity contribution >= 4 is 18.3 Å². The molecule has 5 heteroatoms. The average molecular weight is 382 g/mol. The molecule has 0 bridgehead atoms. The maximum atomic E-state index is 11.8. The summed E-state index contributed by atoms with van der Waals surface area (Å²) in [5.74, 6) is 1.00. The smallest absolute Gasteiger partial charge is 0.237 e. The molecule has 26 heavy (non-hydrogen) atoms. The van der Waals surface area contributed by atoms with Crippen LogP contribution >= 0.6 is 12.4 Å². The minimum atomic E-state index is -0.386. The number of piperidine rings is 1. The molecule has 1 fully saturated rings. The van der Waals surface area contributed by atoms with E-state index in [2.05, 4.69) is 40.5 Å². The number of nitrogens with two attached hydrogens (primary N) is 1. The molecule has 148 valence electrons. The minimum absolute atomic E-state index is 0. The predicted octanol–water partition coefficient (Wildman–Crippen LogP) is 3.24. The molecule has 1 aliphatic heterocycles. The van der Waals surface area contributed by atoms with Crippen LogP contribution in [0, 0.1) is 11.8 Å². The fourth-order valence-electron chi connectivity index (χ4n) is 3.45. The molecule has 4 nitrogen and oxygen atoms in total. The van der Waals surface area contributed by atoms with Crippen LogP contribution in [0.2, 0.25) is 0 Å². The van der Waals surface area contributed by atoms with E-state index in [0.29, 0.717) is 0 Å². The number of amides is 1. The average Bonchev–Trinajstić information content (AvgIpc) is 2.62. The SMILES string of the molecule is CC(C)[C@H](N)C(=O)NCCCCN1CCC(Cc2ccccc2)CC1.Cl. The highest BCUT2D eigenvalue weighted by molar-refractivity contribution is 5.85. The number of benzene rings is 1. The zero-order chi connectivity index (χ0) is 18.1. The van der Waals surface area contributed by atoms with Gasteiger partial charge >= 0.3 is 0 Å². The maximum Gasteiger partial charge on any atom is 0.237 e. The van der Waals surface area contributed by atoms with Gasteiger partial charge in [-0.1, -0.05) is 44.2 Å². The first kappa shape index (κ1) is 22.9. The Morgan fingerprint density at radius 1 is 1.19 bits per heavy atom. The Morgan fingerprint density at radius 2 is 1.85 bits per heavy atom. The maximum absolute atomic E-state index is 11.8. The normalized spacial score (nSPS) is 16.9. The number of hydrogen-bond acceptors (Lipinski definition) is 3. The second-order valence-electron chi connectivity index (χ2n) is 7.74. The van der Waals surface area contributed by atoms with Crippen molar-refractivity contribution in [2.24, 2.45) is 17.6 Å². The number of rotatable bonds is 9. The number of carbonyl (C=O) groups is 1. The van der Waals surface area contributed by atoms with Crippen molar-refractivity contribution in [1.29, 1.82) is 0 Å². The lowest BCUT2D eigenvalue weighted by Crippen LogP contribution is -2.44. The van der Waals surface area contributed by atoms with Gasteiger partial charge in [0.2, 0.25) is 5.91 Å². The third kappa shape index (κ3) is 8.07. The standard InChI is InChI=1S/C21H35N3O.ClH/c1-17(2)20(22)21(25)23-12-6-7-13-24-14-10-19(11-15-24)16-18-8-4-3-5-9-18;/h3-5,8-9,17,19-20H,6-7,10-16,22H2,1-2H3,(H,23,25);1H/t20-;/m0./s1. The third-order valence-electron chi connectivity index (χ3n) is 5.30. The van der Waals surface area contributed by atoms with Crippen LogP contribution in [-0.4, -0.2) is 43.0 Å². The Hall–Kier alpha value is -1.10. The summed E-state index contributed by atoms with van der Waals surface area (Å²) < 4.78 is 0. The topological polar surface area (TPSA) is 58.4 Å². The van der Waals surface area contributed by atoms with E-state index in [0.717, 1.165) is 31.8 Å². The van der Waals surface area contributed by atoms with Gasteiger partial charge in [-0.15, -0.1) is 12.4 Å². The van der Waals surface area contributed by atoms with Crippen molar-refractivity contribution in [3.63, 3.8) is 0 Å². The summed E-state index contributed by atoms with van der Waals surface area (Å²) in [7, 11) is 0. The number of halogens is 1. The van der Waals surface area contributed by atoms with Gasteiger partial charge in [-0.25, -0.2) is 0 Å². The lowest BCUT2D eigenvalue weighted by Gasteiger charge is -2.32. The van der Waals surface area contributed by atoms with E-state index >= 15 is 0 Å². The summed E-state index contributed by atoms with van der Waals surface area (Å²) >= 11 is 0. The van der Waals surface area contributed by atoms with Crippen LogP contribution in [0.4, 0.5) is 0 Å². The lowest BCUT2D eigenvalue weighted by molar-refractivity contribution is -0.123. The summed E-state index contributed by atoms with van der Waals surface area (Å²) in [5.41, 5.74) is 7.31. The van der Waals surface area contributed by atoms with Gasteiger partial charge in [-0.3, -0.25) is 4.79 Å². The van der Waals surface area contributed by atoms with Crippen molar-refractivity contribution in [2.45, 2.75) is 52.0 Å². The van der Waals surface area contributed by atoms with Gasteiger partial charge in [0.1, 0.15) is 0 Å². The first-order valence-corrected chi connectivity index (χ1v) is 9.86. The monoisotopic (exact) mass is 381 g/mol. The molecule has 1 saturated heterocycles. The molecule has 1 atom stereocenters. The molecule has 0 saturated carbocycles. The van der Waals surface area contributed by atoms with Gasteiger partial charge in [0.15, 0.2) is 0 Å². The van der Waals surface area contributed by atoms with Crippen LogP contribution in [0.1, 0.15) is 45.1 Å². The number of carbonyl (C=O) groups excluding carboxylic acids is 1. The van der Waals surface area contributed by atoms with Gasteiger partial charge in [0, 0.05) is 6.54 Å². The molecule has 0 unspecified atom stereocenters. The van der Waals surface area contributed by atoms with Crippen LogP contribution in [0.15, 0.2) is 30.3 Å². The van der Waals surface area contributed by atoms with E-state index in [1.807, 2.05) is 13.8 Å². The Balaban J connectivity index is 0.00000338. The molecule has 1 aliphatic rings. The van der Waals surface area contributed by atoms with Crippen molar-refractivity contribution < 1.29 is 4.79 Å². The first-order chi connectivity index (χ1) is 12.1. The van der Waals surface area contributed by atoms with Crippen LogP contribution in [-0.2, 0) is 11.2 Å². The largest absolute Gasteiger partial charge is 0.355 e. The number of likely N-dealkylation sites (tertiary alicyclic amines) is 1. The Morgan fingerprint density at radius 3 is 2.46 bits per heavy atom. The quantitative estimate of drug-likeness (QED) is 0.645. The number of nitrogens with one attached hydrogen (secondary N) is 1. The van der Waals surface area contributed by atoms with Gasteiger partial charge < -0.3 is 16.0 Å². The van der Waals surface area contributed by atoms with Crippen LogP contribution in [0.3, 0.4) is 0 Å². The molecule has 0 spiro atoms. The number of hydrogen-bond donors (Lipinski definition) is 2. The third-order valence-corrected chi connectivity index (χ3v) is 5.30. The molecule has 0 radical (unpaired) electrons. The van der Waals surface area contributed by atoms with Crippen LogP contribution in [0.5, 0.6) is 0 Å². The van der Waals surface area contributed by atoms with Gasteiger partial charge in [-0.2, -0.15) is 0 Å². The molecule has 1 amide bonds. The Bertz CT molecular complexity index is 501. The Kier molecular flexibility index (Phi) is 10.9. The fourth-order valence-corrected chi connectivity index (χ4v) is 3.45. The van der Waals surface area contributed by atoms with E-state index in [9.17, 15) is 4.79 Å². The van der Waals surface area contributed by atoms with E-state index in [-0.39, 0.29) is 30.3 Å². The zero-order valence-corrected chi connectivity index (χ0v) is 17.1. The fraction of sp³-hybridized carbons (Fsp3) is 0.667. The summed E-state index contributed by atoms with van der Waals surface area (Å²) in [5, 5.41) is 2.95. The van der Waals surface area contributed by atoms with Gasteiger partial charge in [0.25, 0.3) is 0 Å². The zero-order valence-electron chi connectivity index (χ0n) is 16.3. The highest BCUT2D eigenvalue weighted by atomic mass is 35.5. The molecule has 3 N–H and O–H groups in total. The molecular weight excluding hydrogens is 346 g/mol. The molecule has 1 aromatic carbocycles. The first-order valence-electron chi connectivity index (χ1n) is 9.86. The highest BCUT2D eigenvalue weighted by Gasteiger charge is 2.19. The summed E-state index contributed by atoms with van der Waals surface area (Å²) in [6, 6.07) is 10.5. The van der Waals surface area contributed by atoms with Crippen molar-refractivity contribution in [2.75, 3.05) is 26.2 Å². The predicted molar refractivity (Wildman–Crippen MR) is 112 cm³/mol.